The van der Waals surface area contributed by atoms with Crippen LogP contribution in [0.2, 0.25) is 0 Å². The fraction of sp³-hybridized carbons (Fsp3) is 0.200. The van der Waals surface area contributed by atoms with Crippen LogP contribution in [0, 0.1) is 17.1 Å². The van der Waals surface area contributed by atoms with Crippen molar-refractivity contribution < 1.29 is 31.8 Å². The minimum absolute atomic E-state index is 0.0113. The average Bonchev–Trinajstić information content (AvgIpc) is 3.06. The summed E-state index contributed by atoms with van der Waals surface area (Å²) < 4.78 is 61.6. The number of anilines is 1. The van der Waals surface area contributed by atoms with Crippen molar-refractivity contribution in [2.45, 2.75) is 12.8 Å². The summed E-state index contributed by atoms with van der Waals surface area (Å²) in [5, 5.41) is 12.1. The predicted octanol–water partition coefficient (Wildman–Crippen LogP) is 5.25. The molecule has 10 heteroatoms. The number of carbonyl (C=O) groups excluding carboxylic acids is 1. The van der Waals surface area contributed by atoms with Gasteiger partial charge in [0.25, 0.3) is 5.91 Å². The third-order valence-corrected chi connectivity index (χ3v) is 5.20. The lowest BCUT2D eigenvalue weighted by molar-refractivity contribution is -0.153. The Morgan fingerprint density at radius 2 is 2.03 bits per heavy atom. The van der Waals surface area contributed by atoms with E-state index >= 15 is 0 Å². The summed E-state index contributed by atoms with van der Waals surface area (Å²) in [6, 6.07) is 9.92. The Balaban J connectivity index is 1.88. The van der Waals surface area contributed by atoms with Gasteiger partial charge in [-0.15, -0.1) is 11.3 Å². The Morgan fingerprint density at radius 3 is 2.70 bits per heavy atom. The van der Waals surface area contributed by atoms with Crippen molar-refractivity contribution in [3.8, 4) is 11.8 Å². The minimum Gasteiger partial charge on any atom is -0.483 e. The first-order valence-corrected chi connectivity index (χ1v) is 9.29. The maximum Gasteiger partial charge on any atom is 0.422 e. The molecule has 1 amide bonds. The molecule has 3 aromatic rings. The normalized spacial score (nSPS) is 11.3. The summed E-state index contributed by atoms with van der Waals surface area (Å²) in [4.78, 5) is 13.0. The van der Waals surface area contributed by atoms with Gasteiger partial charge in [-0.2, -0.15) is 18.4 Å². The molecular formula is C20H14F4N2O3S. The second-order valence-corrected chi connectivity index (χ2v) is 7.19. The predicted molar refractivity (Wildman–Crippen MR) is 103 cm³/mol. The molecule has 0 aliphatic carbocycles. The monoisotopic (exact) mass is 438 g/mol. The molecule has 5 nitrogen and oxygen atoms in total. The summed E-state index contributed by atoms with van der Waals surface area (Å²) in [5.74, 6) is -1.29. The third kappa shape index (κ3) is 4.69. The molecule has 0 radical (unpaired) electrons. The Labute approximate surface area is 172 Å². The van der Waals surface area contributed by atoms with E-state index in [0.29, 0.717) is 15.6 Å². The van der Waals surface area contributed by atoms with Gasteiger partial charge < -0.3 is 14.8 Å². The van der Waals surface area contributed by atoms with E-state index in [1.165, 1.54) is 37.4 Å². The fourth-order valence-corrected chi connectivity index (χ4v) is 3.92. The number of nitrogens with one attached hydrogen (secondary N) is 1. The molecule has 156 valence electrons. The van der Waals surface area contributed by atoms with Gasteiger partial charge in [-0.25, -0.2) is 4.39 Å². The van der Waals surface area contributed by atoms with Gasteiger partial charge in [0.1, 0.15) is 17.6 Å². The lowest BCUT2D eigenvalue weighted by atomic mass is 10.1. The molecule has 30 heavy (non-hydrogen) atoms. The van der Waals surface area contributed by atoms with E-state index in [-0.39, 0.29) is 28.5 Å². The van der Waals surface area contributed by atoms with Gasteiger partial charge in [0.15, 0.2) is 6.61 Å². The van der Waals surface area contributed by atoms with Crippen LogP contribution in [0.3, 0.4) is 0 Å². The first kappa shape index (κ1) is 21.5. The summed E-state index contributed by atoms with van der Waals surface area (Å²) in [5.41, 5.74) is 0.396. The van der Waals surface area contributed by atoms with Crippen LogP contribution >= 0.6 is 11.3 Å². The van der Waals surface area contributed by atoms with Crippen LogP contribution in [0.5, 0.6) is 5.75 Å². The van der Waals surface area contributed by atoms with Gasteiger partial charge in [-0.3, -0.25) is 4.79 Å². The molecule has 0 aliphatic rings. The Hall–Kier alpha value is -3.16. The Kier molecular flexibility index (Phi) is 6.24. The Morgan fingerprint density at radius 1 is 1.27 bits per heavy atom. The molecule has 2 aromatic carbocycles. The maximum absolute atomic E-state index is 14.3. The maximum atomic E-state index is 14.3. The second-order valence-electron chi connectivity index (χ2n) is 6.14. The van der Waals surface area contributed by atoms with Crippen LogP contribution in [0.1, 0.15) is 20.8 Å². The average molecular weight is 438 g/mol. The van der Waals surface area contributed by atoms with Crippen molar-refractivity contribution in [2.24, 2.45) is 0 Å². The molecule has 1 aromatic heterocycles. The first-order valence-electron chi connectivity index (χ1n) is 8.47. The van der Waals surface area contributed by atoms with Gasteiger partial charge in [-0.05, 0) is 30.3 Å². The van der Waals surface area contributed by atoms with Crippen molar-refractivity contribution in [3.05, 3.63) is 58.2 Å². The van der Waals surface area contributed by atoms with Crippen molar-refractivity contribution in [3.63, 3.8) is 0 Å². The van der Waals surface area contributed by atoms with Crippen LogP contribution in [-0.4, -0.2) is 25.8 Å². The van der Waals surface area contributed by atoms with E-state index in [9.17, 15) is 27.6 Å². The fourth-order valence-electron chi connectivity index (χ4n) is 2.80. The van der Waals surface area contributed by atoms with Crippen molar-refractivity contribution in [1.29, 1.82) is 5.26 Å². The minimum atomic E-state index is -4.55. The number of amides is 1. The van der Waals surface area contributed by atoms with Crippen molar-refractivity contribution >= 4 is 33.0 Å². The SMILES string of the molecule is COCc1c(C(=O)Nc2ccc(OCC(F)(F)F)c(C#N)c2)sc2cccc(F)c12. The van der Waals surface area contributed by atoms with Crippen LogP contribution in [0.15, 0.2) is 36.4 Å². The van der Waals surface area contributed by atoms with Gasteiger partial charge in [0.2, 0.25) is 0 Å². The number of hydrogen-bond donors (Lipinski definition) is 1. The standard InChI is InChI=1S/C20H14F4N2O3S/c1-28-9-13-17-14(21)3-2-4-16(17)30-18(13)19(27)26-12-5-6-15(11(7-12)8-25)29-10-20(22,23)24/h2-7H,9-10H2,1H3,(H,26,27). The smallest absolute Gasteiger partial charge is 0.422 e. The zero-order valence-corrected chi connectivity index (χ0v) is 16.3. The highest BCUT2D eigenvalue weighted by Crippen LogP contribution is 2.34. The Bertz CT molecular complexity index is 1140. The van der Waals surface area contributed by atoms with Crippen LogP contribution in [0.4, 0.5) is 23.2 Å². The van der Waals surface area contributed by atoms with Crippen LogP contribution in [0.25, 0.3) is 10.1 Å². The molecule has 0 bridgehead atoms. The van der Waals surface area contributed by atoms with E-state index in [2.05, 4.69) is 10.1 Å². The van der Waals surface area contributed by atoms with E-state index in [1.807, 2.05) is 0 Å². The van der Waals surface area contributed by atoms with Crippen molar-refractivity contribution in [1.82, 2.24) is 0 Å². The molecular weight excluding hydrogens is 424 g/mol. The molecule has 1 N–H and O–H groups in total. The number of halogens is 4. The lowest BCUT2D eigenvalue weighted by Crippen LogP contribution is -2.19. The van der Waals surface area contributed by atoms with E-state index in [0.717, 1.165) is 11.3 Å². The zero-order chi connectivity index (χ0) is 21.9. The molecule has 0 saturated carbocycles. The highest BCUT2D eigenvalue weighted by molar-refractivity contribution is 7.21. The van der Waals surface area contributed by atoms with E-state index in [4.69, 9.17) is 4.74 Å². The topological polar surface area (TPSA) is 71.3 Å². The number of hydrogen-bond acceptors (Lipinski definition) is 5. The molecule has 1 heterocycles. The van der Waals surface area contributed by atoms with Gasteiger partial charge in [0, 0.05) is 28.4 Å². The molecule has 3 rings (SSSR count). The van der Waals surface area contributed by atoms with Crippen LogP contribution in [-0.2, 0) is 11.3 Å². The number of nitrogens with zero attached hydrogens (tertiary/aromatic N) is 1. The largest absolute Gasteiger partial charge is 0.483 e. The molecule has 0 fully saturated rings. The molecule has 0 aliphatic heterocycles. The number of ether oxygens (including phenoxy) is 2. The molecule has 0 unspecified atom stereocenters. The number of benzene rings is 2. The molecule has 0 atom stereocenters. The number of rotatable bonds is 6. The molecule has 0 spiro atoms. The van der Waals surface area contributed by atoms with E-state index < -0.39 is 24.5 Å². The van der Waals surface area contributed by atoms with Gasteiger partial charge >= 0.3 is 6.18 Å². The second kappa shape index (κ2) is 8.69. The summed E-state index contributed by atoms with van der Waals surface area (Å²) in [7, 11) is 1.42. The highest BCUT2D eigenvalue weighted by atomic mass is 32.1. The van der Waals surface area contributed by atoms with Crippen molar-refractivity contribution in [2.75, 3.05) is 19.0 Å². The third-order valence-electron chi connectivity index (χ3n) is 4.01. The number of methoxy groups -OCH3 is 1. The summed E-state index contributed by atoms with van der Waals surface area (Å²) >= 11 is 1.08. The molecule has 0 saturated heterocycles. The number of alkyl halides is 3. The quantitative estimate of drug-likeness (QED) is 0.534. The van der Waals surface area contributed by atoms with Gasteiger partial charge in [0.05, 0.1) is 17.0 Å². The highest BCUT2D eigenvalue weighted by Gasteiger charge is 2.29. The lowest BCUT2D eigenvalue weighted by Gasteiger charge is -2.12. The van der Waals surface area contributed by atoms with Gasteiger partial charge in [-0.1, -0.05) is 6.07 Å². The van der Waals surface area contributed by atoms with E-state index in [1.54, 1.807) is 12.1 Å². The summed E-state index contributed by atoms with van der Waals surface area (Å²) in [6.45, 7) is -1.53. The number of thiophene rings is 1. The number of fused-ring (bicyclic) bond motifs is 1. The first-order chi connectivity index (χ1) is 14.2. The number of carbonyl (C=O) groups is 1. The zero-order valence-electron chi connectivity index (χ0n) is 15.5. The summed E-state index contributed by atoms with van der Waals surface area (Å²) in [6.07, 6.45) is -4.55. The van der Waals surface area contributed by atoms with Crippen LogP contribution < -0.4 is 10.1 Å². The number of nitriles is 1.